The molecule has 0 saturated carbocycles. The molecule has 220 valence electrons. The molecule has 3 aliphatic heterocycles. The highest BCUT2D eigenvalue weighted by Gasteiger charge is 2.68. The molecule has 2 bridgehead atoms. The highest BCUT2D eigenvalue weighted by atomic mass is 16.7. The Bertz CT molecular complexity index is 1090. The molecule has 9 nitrogen and oxygen atoms in total. The molecule has 4 atom stereocenters. The number of nitrogens with zero attached hydrogens (tertiary/aromatic N) is 1. The van der Waals surface area contributed by atoms with E-state index in [1.165, 1.54) is 6.92 Å². The van der Waals surface area contributed by atoms with Gasteiger partial charge in [-0.3, -0.25) is 14.5 Å². The van der Waals surface area contributed by atoms with Gasteiger partial charge in [0.2, 0.25) is 11.8 Å². The minimum absolute atomic E-state index is 0.142. The van der Waals surface area contributed by atoms with Gasteiger partial charge in [0.25, 0.3) is 0 Å². The fraction of sp³-hybridized carbons (Fsp3) is 0.700. The lowest BCUT2D eigenvalue weighted by Gasteiger charge is -2.43. The number of carbonyl (C=O) groups is 3. The summed E-state index contributed by atoms with van der Waals surface area (Å²) >= 11 is 0. The third-order valence-electron chi connectivity index (χ3n) is 8.92. The molecule has 3 unspecified atom stereocenters. The van der Waals surface area contributed by atoms with Gasteiger partial charge in [-0.25, -0.2) is 4.79 Å². The normalized spacial score (nSPS) is 28.4. The lowest BCUT2D eigenvalue weighted by atomic mass is 9.68. The fourth-order valence-electron chi connectivity index (χ4n) is 6.58. The van der Waals surface area contributed by atoms with Gasteiger partial charge >= 0.3 is 13.2 Å². The molecule has 1 aromatic rings. The third kappa shape index (κ3) is 5.89. The molecule has 3 aliphatic rings. The zero-order valence-electron chi connectivity index (χ0n) is 25.3. The van der Waals surface area contributed by atoms with Gasteiger partial charge in [-0.05, 0) is 79.6 Å². The SMILES string of the molecule is CC(=O)NC1(C(=O)NC(C)(C)C)C2CCC([C@@H]1CCCB1OC(C)(C)C(C)(C)O1)N2C(=O)OCc1ccccc1. The summed E-state index contributed by atoms with van der Waals surface area (Å²) in [6.07, 6.45) is 2.87. The Labute approximate surface area is 239 Å². The van der Waals surface area contributed by atoms with E-state index in [-0.39, 0.29) is 37.5 Å². The van der Waals surface area contributed by atoms with Crippen LogP contribution >= 0.6 is 0 Å². The average Bonchev–Trinajstić information content (AvgIpc) is 3.43. The minimum Gasteiger partial charge on any atom is -0.445 e. The van der Waals surface area contributed by atoms with Crippen molar-refractivity contribution in [2.75, 3.05) is 0 Å². The Morgan fingerprint density at radius 3 is 2.25 bits per heavy atom. The number of fused-ring (bicyclic) bond motifs is 2. The minimum atomic E-state index is -1.26. The largest absolute Gasteiger partial charge is 0.457 e. The first-order valence-corrected chi connectivity index (χ1v) is 14.5. The van der Waals surface area contributed by atoms with Gasteiger partial charge in [0.1, 0.15) is 12.1 Å². The number of hydrogen-bond donors (Lipinski definition) is 2. The molecule has 40 heavy (non-hydrogen) atoms. The first-order chi connectivity index (χ1) is 18.6. The molecule has 0 radical (unpaired) electrons. The third-order valence-corrected chi connectivity index (χ3v) is 8.92. The van der Waals surface area contributed by atoms with E-state index in [0.29, 0.717) is 25.6 Å². The van der Waals surface area contributed by atoms with E-state index in [1.54, 1.807) is 4.90 Å². The van der Waals surface area contributed by atoms with E-state index >= 15 is 0 Å². The van der Waals surface area contributed by atoms with Gasteiger partial charge in [-0.15, -0.1) is 0 Å². The molecule has 1 aromatic carbocycles. The van der Waals surface area contributed by atoms with Gasteiger partial charge in [0.15, 0.2) is 0 Å². The monoisotopic (exact) mass is 555 g/mol. The van der Waals surface area contributed by atoms with Gasteiger partial charge in [0, 0.05) is 24.4 Å². The van der Waals surface area contributed by atoms with Gasteiger partial charge in [-0.1, -0.05) is 36.8 Å². The Morgan fingerprint density at radius 1 is 1.05 bits per heavy atom. The van der Waals surface area contributed by atoms with E-state index in [4.69, 9.17) is 14.0 Å². The van der Waals surface area contributed by atoms with Crippen molar-refractivity contribution >= 4 is 25.0 Å². The van der Waals surface area contributed by atoms with Crippen LogP contribution in [0.4, 0.5) is 4.79 Å². The van der Waals surface area contributed by atoms with Crippen LogP contribution in [0.5, 0.6) is 0 Å². The second-order valence-electron chi connectivity index (χ2n) is 13.6. The average molecular weight is 556 g/mol. The summed E-state index contributed by atoms with van der Waals surface area (Å²) < 4.78 is 18.2. The molecule has 0 aliphatic carbocycles. The van der Waals surface area contributed by atoms with Crippen LogP contribution < -0.4 is 10.6 Å². The molecule has 0 spiro atoms. The van der Waals surface area contributed by atoms with Crippen molar-refractivity contribution in [2.24, 2.45) is 5.92 Å². The number of nitrogens with one attached hydrogen (secondary N) is 2. The first kappa shape index (κ1) is 30.4. The Hall–Kier alpha value is -2.59. The van der Waals surface area contributed by atoms with E-state index in [0.717, 1.165) is 12.0 Å². The van der Waals surface area contributed by atoms with Crippen LogP contribution in [0, 0.1) is 5.92 Å². The number of carbonyl (C=O) groups excluding carboxylic acids is 3. The molecule has 10 heteroatoms. The standard InChI is InChI=1S/C30H46BN3O6/c1-20(35)32-30(25(36)33-27(2,3)4)22(15-12-18-31-39-28(5,6)29(7,8)40-31)23-16-17-24(30)34(23)26(37)38-19-21-13-10-9-11-14-21/h9-11,13-14,22-24H,12,15-19H2,1-8H3,(H,32,35)(H,33,36)/t22-,23?,24?,30?/m0/s1. The molecule has 3 saturated heterocycles. The summed E-state index contributed by atoms with van der Waals surface area (Å²) in [7, 11) is -0.353. The molecule has 3 amide bonds. The van der Waals surface area contributed by atoms with Crippen LogP contribution in [-0.4, -0.2) is 64.3 Å². The molecular weight excluding hydrogens is 509 g/mol. The van der Waals surface area contributed by atoms with Crippen LogP contribution in [0.2, 0.25) is 6.32 Å². The summed E-state index contributed by atoms with van der Waals surface area (Å²) in [4.78, 5) is 42.0. The van der Waals surface area contributed by atoms with Crippen LogP contribution in [-0.2, 0) is 30.2 Å². The highest BCUT2D eigenvalue weighted by molar-refractivity contribution is 6.45. The first-order valence-electron chi connectivity index (χ1n) is 14.5. The van der Waals surface area contributed by atoms with Crippen LogP contribution in [0.3, 0.4) is 0 Å². The molecule has 3 fully saturated rings. The zero-order chi connectivity index (χ0) is 29.5. The molecule has 2 N–H and O–H groups in total. The summed E-state index contributed by atoms with van der Waals surface area (Å²) in [5, 5.41) is 6.17. The topological polar surface area (TPSA) is 106 Å². The summed E-state index contributed by atoms with van der Waals surface area (Å²) in [5.41, 5.74) is -1.73. The number of amides is 3. The van der Waals surface area contributed by atoms with Crippen LogP contribution in [0.1, 0.15) is 86.6 Å². The number of benzene rings is 1. The number of rotatable bonds is 8. The van der Waals surface area contributed by atoms with Crippen molar-refractivity contribution in [3.05, 3.63) is 35.9 Å². The zero-order valence-corrected chi connectivity index (χ0v) is 25.3. The van der Waals surface area contributed by atoms with Crippen molar-refractivity contribution in [2.45, 2.75) is 128 Å². The maximum Gasteiger partial charge on any atom is 0.457 e. The summed E-state index contributed by atoms with van der Waals surface area (Å²) in [5.74, 6) is -0.849. The maximum absolute atomic E-state index is 14.1. The van der Waals surface area contributed by atoms with Gasteiger partial charge in [0.05, 0.1) is 17.2 Å². The second-order valence-corrected chi connectivity index (χ2v) is 13.6. The van der Waals surface area contributed by atoms with E-state index in [1.807, 2.05) is 78.8 Å². The smallest absolute Gasteiger partial charge is 0.445 e. The number of ether oxygens (including phenoxy) is 1. The van der Waals surface area contributed by atoms with Crippen molar-refractivity contribution in [1.82, 2.24) is 15.5 Å². The fourth-order valence-corrected chi connectivity index (χ4v) is 6.58. The highest BCUT2D eigenvalue weighted by Crippen LogP contribution is 2.51. The quantitative estimate of drug-likeness (QED) is 0.460. The molecule has 3 heterocycles. The Balaban J connectivity index is 1.59. The van der Waals surface area contributed by atoms with Gasteiger partial charge in [-0.2, -0.15) is 0 Å². The van der Waals surface area contributed by atoms with Crippen LogP contribution in [0.15, 0.2) is 30.3 Å². The summed E-state index contributed by atoms with van der Waals surface area (Å²) in [6, 6.07) is 8.79. The Morgan fingerprint density at radius 2 is 1.68 bits per heavy atom. The Kier molecular flexibility index (Phi) is 8.36. The van der Waals surface area contributed by atoms with E-state index < -0.39 is 34.4 Å². The second kappa shape index (κ2) is 11.0. The van der Waals surface area contributed by atoms with Crippen LogP contribution in [0.25, 0.3) is 0 Å². The van der Waals surface area contributed by atoms with Gasteiger partial charge < -0.3 is 24.7 Å². The van der Waals surface area contributed by atoms with Crippen molar-refractivity contribution in [3.8, 4) is 0 Å². The van der Waals surface area contributed by atoms with Crippen molar-refractivity contribution in [1.29, 1.82) is 0 Å². The van der Waals surface area contributed by atoms with E-state index in [9.17, 15) is 14.4 Å². The molecular formula is C30H46BN3O6. The molecule has 4 rings (SSSR count). The predicted molar refractivity (Wildman–Crippen MR) is 153 cm³/mol. The lowest BCUT2D eigenvalue weighted by Crippen LogP contribution is -2.70. The van der Waals surface area contributed by atoms with Crippen molar-refractivity contribution < 1.29 is 28.4 Å². The lowest BCUT2D eigenvalue weighted by molar-refractivity contribution is -0.137. The summed E-state index contributed by atoms with van der Waals surface area (Å²) in [6.45, 7) is 15.4. The van der Waals surface area contributed by atoms with Crippen molar-refractivity contribution in [3.63, 3.8) is 0 Å². The number of hydrogen-bond acceptors (Lipinski definition) is 6. The predicted octanol–water partition coefficient (Wildman–Crippen LogP) is 4.45. The van der Waals surface area contributed by atoms with E-state index in [2.05, 4.69) is 10.6 Å². The molecule has 0 aromatic heterocycles. The maximum atomic E-state index is 14.1.